The summed E-state index contributed by atoms with van der Waals surface area (Å²) in [6, 6.07) is 10.00. The minimum Gasteiger partial charge on any atom is -0.481 e. The molecule has 0 aromatic heterocycles. The Kier molecular flexibility index (Phi) is 5.95. The molecule has 1 aliphatic rings. The predicted molar refractivity (Wildman–Crippen MR) is 98.2 cm³/mol. The summed E-state index contributed by atoms with van der Waals surface area (Å²) in [6.07, 6.45) is -0.786. The van der Waals surface area contributed by atoms with Crippen LogP contribution in [0.25, 0.3) is 0 Å². The monoisotopic (exact) mass is 410 g/mol. The lowest BCUT2D eigenvalue weighted by Crippen LogP contribution is -2.53. The van der Waals surface area contributed by atoms with E-state index in [4.69, 9.17) is 4.74 Å². The van der Waals surface area contributed by atoms with Gasteiger partial charge in [-0.15, -0.1) is 0 Å². The summed E-state index contributed by atoms with van der Waals surface area (Å²) in [6.45, 7) is 2.30. The molecule has 2 aromatic rings. The molecule has 0 radical (unpaired) electrons. The Balaban J connectivity index is 1.58. The van der Waals surface area contributed by atoms with E-state index in [9.17, 15) is 22.0 Å². The highest BCUT2D eigenvalue weighted by atomic mass is 32.2. The Bertz CT molecular complexity index is 925. The molecule has 150 valence electrons. The van der Waals surface area contributed by atoms with Crippen LogP contribution < -0.4 is 4.74 Å². The molecule has 1 fully saturated rings. The fraction of sp³-hybridized carbons (Fsp3) is 0.316. The molecular formula is C19H20F2N2O4S. The number of piperazine rings is 1. The molecule has 0 spiro atoms. The fourth-order valence-corrected chi connectivity index (χ4v) is 4.35. The molecule has 0 bridgehead atoms. The second kappa shape index (κ2) is 8.24. The van der Waals surface area contributed by atoms with Gasteiger partial charge in [0.1, 0.15) is 17.4 Å². The van der Waals surface area contributed by atoms with Gasteiger partial charge in [0.15, 0.2) is 6.10 Å². The Morgan fingerprint density at radius 1 is 0.929 bits per heavy atom. The van der Waals surface area contributed by atoms with Crippen LogP contribution >= 0.6 is 0 Å². The molecule has 1 amide bonds. The molecule has 1 saturated heterocycles. The van der Waals surface area contributed by atoms with Crippen LogP contribution in [0.2, 0.25) is 0 Å². The lowest BCUT2D eigenvalue weighted by atomic mass is 10.2. The van der Waals surface area contributed by atoms with Crippen LogP contribution in [0.5, 0.6) is 5.75 Å². The third kappa shape index (κ3) is 4.48. The van der Waals surface area contributed by atoms with E-state index >= 15 is 0 Å². The second-order valence-corrected chi connectivity index (χ2v) is 8.34. The van der Waals surface area contributed by atoms with Crippen molar-refractivity contribution in [1.82, 2.24) is 9.21 Å². The molecule has 9 heteroatoms. The fourth-order valence-electron chi connectivity index (χ4n) is 2.93. The van der Waals surface area contributed by atoms with E-state index in [1.807, 2.05) is 0 Å². The zero-order valence-corrected chi connectivity index (χ0v) is 16.0. The van der Waals surface area contributed by atoms with Gasteiger partial charge in [0.2, 0.25) is 10.0 Å². The van der Waals surface area contributed by atoms with Crippen LogP contribution in [-0.4, -0.2) is 55.8 Å². The van der Waals surface area contributed by atoms with Gasteiger partial charge in [-0.1, -0.05) is 0 Å². The zero-order chi connectivity index (χ0) is 20.3. The Morgan fingerprint density at radius 2 is 1.43 bits per heavy atom. The van der Waals surface area contributed by atoms with Gasteiger partial charge < -0.3 is 9.64 Å². The maximum atomic E-state index is 13.0. The molecule has 0 unspecified atom stereocenters. The quantitative estimate of drug-likeness (QED) is 0.759. The van der Waals surface area contributed by atoms with Gasteiger partial charge in [-0.25, -0.2) is 17.2 Å². The summed E-state index contributed by atoms with van der Waals surface area (Å²) in [5, 5.41) is 0. The minimum atomic E-state index is -3.74. The highest BCUT2D eigenvalue weighted by Crippen LogP contribution is 2.19. The molecule has 2 aromatic carbocycles. The average Bonchev–Trinajstić information content (AvgIpc) is 2.69. The summed E-state index contributed by atoms with van der Waals surface area (Å²) in [7, 11) is -3.74. The molecule has 0 N–H and O–H groups in total. The molecule has 1 aliphatic heterocycles. The normalized spacial score (nSPS) is 16.6. The number of hydrogen-bond acceptors (Lipinski definition) is 4. The van der Waals surface area contributed by atoms with Gasteiger partial charge in [-0.05, 0) is 55.5 Å². The molecule has 0 aliphatic carbocycles. The topological polar surface area (TPSA) is 66.9 Å². The smallest absolute Gasteiger partial charge is 0.263 e. The predicted octanol–water partition coefficient (Wildman–Crippen LogP) is 2.27. The van der Waals surface area contributed by atoms with Crippen molar-refractivity contribution < 1.29 is 26.7 Å². The summed E-state index contributed by atoms with van der Waals surface area (Å²) >= 11 is 0. The number of ether oxygens (including phenoxy) is 1. The van der Waals surface area contributed by atoms with E-state index in [1.54, 1.807) is 6.92 Å². The molecule has 1 heterocycles. The van der Waals surface area contributed by atoms with E-state index in [0.29, 0.717) is 5.75 Å². The van der Waals surface area contributed by atoms with E-state index in [2.05, 4.69) is 0 Å². The third-order valence-electron chi connectivity index (χ3n) is 4.48. The minimum absolute atomic E-state index is 0.0155. The Hall–Kier alpha value is -2.52. The second-order valence-electron chi connectivity index (χ2n) is 6.40. The number of benzene rings is 2. The van der Waals surface area contributed by atoms with Crippen LogP contribution in [0.4, 0.5) is 8.78 Å². The van der Waals surface area contributed by atoms with Crippen LogP contribution in [0.1, 0.15) is 6.92 Å². The van der Waals surface area contributed by atoms with Crippen LogP contribution in [0, 0.1) is 11.6 Å². The first kappa shape index (κ1) is 20.2. The maximum absolute atomic E-state index is 13.0. The van der Waals surface area contributed by atoms with Crippen molar-refractivity contribution >= 4 is 15.9 Å². The summed E-state index contributed by atoms with van der Waals surface area (Å²) < 4.78 is 58.0. The molecule has 3 rings (SSSR count). The summed E-state index contributed by atoms with van der Waals surface area (Å²) in [5.41, 5.74) is 0. The van der Waals surface area contributed by atoms with Gasteiger partial charge in [0, 0.05) is 26.2 Å². The van der Waals surface area contributed by atoms with E-state index in [0.717, 1.165) is 12.1 Å². The lowest BCUT2D eigenvalue weighted by molar-refractivity contribution is -0.139. The van der Waals surface area contributed by atoms with Crippen molar-refractivity contribution in [2.75, 3.05) is 26.2 Å². The lowest BCUT2D eigenvalue weighted by Gasteiger charge is -2.35. The van der Waals surface area contributed by atoms with Crippen LogP contribution in [-0.2, 0) is 14.8 Å². The number of amides is 1. The number of hydrogen-bond donors (Lipinski definition) is 0. The highest BCUT2D eigenvalue weighted by Gasteiger charge is 2.32. The molecular weight excluding hydrogens is 390 g/mol. The number of sulfonamides is 1. The van der Waals surface area contributed by atoms with Crippen LogP contribution in [0.3, 0.4) is 0 Å². The van der Waals surface area contributed by atoms with E-state index < -0.39 is 27.8 Å². The Labute approximate surface area is 162 Å². The number of halogens is 2. The van der Waals surface area contributed by atoms with Gasteiger partial charge in [0.05, 0.1) is 4.90 Å². The van der Waals surface area contributed by atoms with Gasteiger partial charge in [0.25, 0.3) is 5.91 Å². The van der Waals surface area contributed by atoms with Crippen LogP contribution in [0.15, 0.2) is 53.4 Å². The number of carbonyl (C=O) groups is 1. The van der Waals surface area contributed by atoms with Crippen molar-refractivity contribution in [2.24, 2.45) is 0 Å². The first-order chi connectivity index (χ1) is 13.3. The van der Waals surface area contributed by atoms with Crippen molar-refractivity contribution in [3.8, 4) is 5.75 Å². The molecule has 1 atom stereocenters. The first-order valence-corrected chi connectivity index (χ1v) is 10.2. The summed E-state index contributed by atoms with van der Waals surface area (Å²) in [4.78, 5) is 14.1. The SMILES string of the molecule is C[C@H](Oc1ccc(F)cc1)C(=O)N1CCN(S(=O)(=O)c2ccc(F)cc2)CC1. The van der Waals surface area contributed by atoms with Crippen molar-refractivity contribution in [3.63, 3.8) is 0 Å². The number of carbonyl (C=O) groups excluding carboxylic acids is 1. The zero-order valence-electron chi connectivity index (χ0n) is 15.2. The average molecular weight is 410 g/mol. The van der Waals surface area contributed by atoms with Gasteiger partial charge in [-0.3, -0.25) is 4.79 Å². The standard InChI is InChI=1S/C19H20F2N2O4S/c1-14(27-17-6-2-15(20)3-7-17)19(24)22-10-12-23(13-11-22)28(25,26)18-8-4-16(21)5-9-18/h2-9,14H,10-13H2,1H3/t14-/m0/s1. The maximum Gasteiger partial charge on any atom is 0.263 e. The molecule has 0 saturated carbocycles. The highest BCUT2D eigenvalue weighted by molar-refractivity contribution is 7.89. The number of rotatable bonds is 5. The third-order valence-corrected chi connectivity index (χ3v) is 6.39. The first-order valence-electron chi connectivity index (χ1n) is 8.74. The molecule has 28 heavy (non-hydrogen) atoms. The number of nitrogens with zero attached hydrogens (tertiary/aromatic N) is 2. The van der Waals surface area contributed by atoms with Crippen molar-refractivity contribution in [3.05, 3.63) is 60.2 Å². The van der Waals surface area contributed by atoms with Crippen molar-refractivity contribution in [2.45, 2.75) is 17.9 Å². The van der Waals surface area contributed by atoms with E-state index in [1.165, 1.54) is 45.6 Å². The summed E-state index contributed by atoms with van der Waals surface area (Å²) in [5.74, 6) is -0.808. The van der Waals surface area contributed by atoms with E-state index in [-0.39, 0.29) is 37.0 Å². The van der Waals surface area contributed by atoms with Crippen molar-refractivity contribution in [1.29, 1.82) is 0 Å². The van der Waals surface area contributed by atoms with Gasteiger partial charge in [-0.2, -0.15) is 4.31 Å². The molecule has 6 nitrogen and oxygen atoms in total. The Morgan fingerprint density at radius 3 is 1.96 bits per heavy atom. The largest absolute Gasteiger partial charge is 0.481 e. The van der Waals surface area contributed by atoms with Gasteiger partial charge >= 0.3 is 0 Å².